The van der Waals surface area contributed by atoms with Gasteiger partial charge in [0.1, 0.15) is 11.6 Å². The van der Waals surface area contributed by atoms with Gasteiger partial charge in [0.2, 0.25) is 5.91 Å². The smallest absolute Gasteiger partial charge is 0.344 e. The van der Waals surface area contributed by atoms with Gasteiger partial charge < -0.3 is 15.0 Å². The molecule has 0 radical (unpaired) electrons. The zero-order valence-corrected chi connectivity index (χ0v) is 13.2. The number of carbonyl (C=O) groups excluding carboxylic acids is 2. The van der Waals surface area contributed by atoms with Gasteiger partial charge in [0.15, 0.2) is 0 Å². The summed E-state index contributed by atoms with van der Waals surface area (Å²) >= 11 is 0. The lowest BCUT2D eigenvalue weighted by Crippen LogP contribution is -2.36. The number of nitrogens with one attached hydrogen (secondary N) is 1. The summed E-state index contributed by atoms with van der Waals surface area (Å²) in [6, 6.07) is 2.29. The Morgan fingerprint density at radius 3 is 2.41 bits per heavy atom. The molecular weight excluding hydrogens is 290 g/mol. The fraction of sp³-hybridized carbons (Fsp3) is 0.429. The Morgan fingerprint density at radius 2 is 1.95 bits per heavy atom. The Morgan fingerprint density at radius 1 is 1.36 bits per heavy atom. The maximum atomic E-state index is 11.8. The van der Waals surface area contributed by atoms with E-state index >= 15 is 0 Å². The molecule has 8 nitrogen and oxygen atoms in total. The molecule has 0 aliphatic rings. The number of ether oxygens (including phenoxy) is 1. The normalized spacial score (nSPS) is 11.5. The summed E-state index contributed by atoms with van der Waals surface area (Å²) in [5.74, 6) is -0.958. The second kappa shape index (κ2) is 6.88. The number of carbonyl (C=O) groups is 2. The molecule has 1 atom stereocenters. The van der Waals surface area contributed by atoms with Crippen LogP contribution in [0.1, 0.15) is 22.8 Å². The number of methoxy groups -OCH3 is 1. The number of esters is 1. The molecule has 0 aromatic heterocycles. The molecule has 0 saturated carbocycles. The molecule has 22 heavy (non-hydrogen) atoms. The predicted octanol–water partition coefficient (Wildman–Crippen LogP) is 1.58. The molecule has 120 valence electrons. The number of anilines is 1. The van der Waals surface area contributed by atoms with E-state index in [9.17, 15) is 19.7 Å². The van der Waals surface area contributed by atoms with Crippen molar-refractivity contribution in [2.75, 3.05) is 26.5 Å². The number of nitrogens with zero attached hydrogens (tertiary/aromatic N) is 2. The van der Waals surface area contributed by atoms with Gasteiger partial charge >= 0.3 is 5.97 Å². The zero-order valence-electron chi connectivity index (χ0n) is 13.2. The fourth-order valence-electron chi connectivity index (χ4n) is 2.07. The molecule has 8 heteroatoms. The lowest BCUT2D eigenvalue weighted by Gasteiger charge is -2.19. The fourth-order valence-corrected chi connectivity index (χ4v) is 2.07. The summed E-state index contributed by atoms with van der Waals surface area (Å²) in [5, 5.41) is 14.0. The number of likely N-dealkylation sites (N-methyl/N-ethyl adjacent to an activating group) is 1. The van der Waals surface area contributed by atoms with Crippen molar-refractivity contribution in [1.29, 1.82) is 0 Å². The first-order valence-electron chi connectivity index (χ1n) is 6.54. The number of hydrogen-bond donors (Lipinski definition) is 1. The molecule has 0 fully saturated rings. The Labute approximate surface area is 128 Å². The van der Waals surface area contributed by atoms with Gasteiger partial charge in [-0.3, -0.25) is 14.9 Å². The average molecular weight is 309 g/mol. The second-order valence-corrected chi connectivity index (χ2v) is 5.04. The van der Waals surface area contributed by atoms with Crippen LogP contribution in [-0.4, -0.2) is 48.9 Å². The summed E-state index contributed by atoms with van der Waals surface area (Å²) < 4.78 is 4.58. The maximum absolute atomic E-state index is 11.8. The molecule has 0 spiro atoms. The van der Waals surface area contributed by atoms with Crippen LogP contribution in [0.4, 0.5) is 11.4 Å². The van der Waals surface area contributed by atoms with Crippen molar-refractivity contribution in [2.24, 2.45) is 0 Å². The van der Waals surface area contributed by atoms with Crippen LogP contribution >= 0.6 is 0 Å². The highest BCUT2D eigenvalue weighted by molar-refractivity contribution is 5.96. The minimum Gasteiger partial charge on any atom is -0.465 e. The van der Waals surface area contributed by atoms with Crippen molar-refractivity contribution in [3.05, 3.63) is 33.4 Å². The van der Waals surface area contributed by atoms with Crippen LogP contribution in [-0.2, 0) is 9.53 Å². The number of rotatable bonds is 5. The van der Waals surface area contributed by atoms with E-state index in [0.717, 1.165) is 7.11 Å². The first-order valence-corrected chi connectivity index (χ1v) is 6.54. The lowest BCUT2D eigenvalue weighted by atomic mass is 10.1. The van der Waals surface area contributed by atoms with E-state index in [1.807, 2.05) is 0 Å². The first kappa shape index (κ1) is 17.4. The van der Waals surface area contributed by atoms with Gasteiger partial charge in [0.25, 0.3) is 5.69 Å². The number of nitro benzene ring substituents is 1. The third kappa shape index (κ3) is 3.72. The Bertz CT molecular complexity index is 613. The van der Waals surface area contributed by atoms with Crippen molar-refractivity contribution in [1.82, 2.24) is 4.90 Å². The summed E-state index contributed by atoms with van der Waals surface area (Å²) in [6.07, 6.45) is 0. The van der Waals surface area contributed by atoms with Gasteiger partial charge in [-0.25, -0.2) is 4.79 Å². The van der Waals surface area contributed by atoms with Crippen molar-refractivity contribution >= 4 is 23.3 Å². The highest BCUT2D eigenvalue weighted by Crippen LogP contribution is 2.28. The maximum Gasteiger partial charge on any atom is 0.344 e. The number of benzene rings is 1. The van der Waals surface area contributed by atoms with Gasteiger partial charge in [-0.05, 0) is 26.0 Å². The van der Waals surface area contributed by atoms with Crippen LogP contribution in [0.3, 0.4) is 0 Å². The summed E-state index contributed by atoms with van der Waals surface area (Å²) in [6.45, 7) is 3.19. The molecular formula is C14H19N3O5. The van der Waals surface area contributed by atoms with E-state index in [1.165, 1.54) is 24.0 Å². The summed E-state index contributed by atoms with van der Waals surface area (Å²) in [7, 11) is 4.41. The van der Waals surface area contributed by atoms with Crippen LogP contribution in [0.2, 0.25) is 0 Å². The molecule has 1 aromatic carbocycles. The van der Waals surface area contributed by atoms with Crippen molar-refractivity contribution in [3.63, 3.8) is 0 Å². The third-order valence-corrected chi connectivity index (χ3v) is 3.08. The van der Waals surface area contributed by atoms with Crippen LogP contribution in [0.5, 0.6) is 0 Å². The minimum atomic E-state index is -0.801. The third-order valence-electron chi connectivity index (χ3n) is 3.08. The molecule has 1 amide bonds. The molecule has 0 saturated heterocycles. The van der Waals surface area contributed by atoms with Gasteiger partial charge in [0.05, 0.1) is 12.0 Å². The topological polar surface area (TPSA) is 102 Å². The molecule has 1 rings (SSSR count). The average Bonchev–Trinajstić information content (AvgIpc) is 2.44. The number of amides is 1. The van der Waals surface area contributed by atoms with E-state index in [1.54, 1.807) is 21.0 Å². The Balaban J connectivity index is 3.24. The van der Waals surface area contributed by atoms with Crippen molar-refractivity contribution in [2.45, 2.75) is 19.9 Å². The minimum absolute atomic E-state index is 0.153. The molecule has 0 aliphatic carbocycles. The highest BCUT2D eigenvalue weighted by Gasteiger charge is 2.25. The zero-order chi connectivity index (χ0) is 17.0. The van der Waals surface area contributed by atoms with Gasteiger partial charge in [0, 0.05) is 25.3 Å². The summed E-state index contributed by atoms with van der Waals surface area (Å²) in [4.78, 5) is 35.5. The molecule has 1 aromatic rings. The summed E-state index contributed by atoms with van der Waals surface area (Å²) in [5.41, 5.74) is 0.287. The van der Waals surface area contributed by atoms with Crippen LogP contribution < -0.4 is 5.32 Å². The SMILES string of the molecule is COC(=O)c1cc(N[C@@H](C)C(=O)N(C)C)cc(C)c1[N+](=O)[O-]. The van der Waals surface area contributed by atoms with Crippen molar-refractivity contribution in [3.8, 4) is 0 Å². The predicted molar refractivity (Wildman–Crippen MR) is 81.0 cm³/mol. The molecule has 0 unspecified atom stereocenters. The monoisotopic (exact) mass is 309 g/mol. The Hall–Kier alpha value is -2.64. The van der Waals surface area contributed by atoms with E-state index < -0.39 is 16.9 Å². The van der Waals surface area contributed by atoms with E-state index in [0.29, 0.717) is 11.3 Å². The lowest BCUT2D eigenvalue weighted by molar-refractivity contribution is -0.385. The van der Waals surface area contributed by atoms with Gasteiger partial charge in [-0.15, -0.1) is 0 Å². The van der Waals surface area contributed by atoms with Crippen LogP contribution in [0.15, 0.2) is 12.1 Å². The standard InChI is InChI=1S/C14H19N3O5/c1-8-6-10(15-9(2)13(18)16(3)4)7-11(14(19)22-5)12(8)17(20)21/h6-7,9,15H,1-5H3/t9-/m0/s1. The first-order chi connectivity index (χ1) is 10.2. The van der Waals surface area contributed by atoms with Crippen molar-refractivity contribution < 1.29 is 19.2 Å². The van der Waals surface area contributed by atoms with E-state index in [2.05, 4.69) is 10.1 Å². The molecule has 1 N–H and O–H groups in total. The number of aryl methyl sites for hydroxylation is 1. The highest BCUT2D eigenvalue weighted by atomic mass is 16.6. The van der Waals surface area contributed by atoms with E-state index in [4.69, 9.17) is 0 Å². The molecule has 0 heterocycles. The molecule has 0 bridgehead atoms. The molecule has 0 aliphatic heterocycles. The quantitative estimate of drug-likeness (QED) is 0.503. The van der Waals surface area contributed by atoms with Crippen LogP contribution in [0, 0.1) is 17.0 Å². The number of hydrogen-bond acceptors (Lipinski definition) is 6. The number of nitro groups is 1. The van der Waals surface area contributed by atoms with E-state index in [-0.39, 0.29) is 17.2 Å². The van der Waals surface area contributed by atoms with Gasteiger partial charge in [-0.2, -0.15) is 0 Å². The van der Waals surface area contributed by atoms with Gasteiger partial charge in [-0.1, -0.05) is 0 Å². The second-order valence-electron chi connectivity index (χ2n) is 5.04. The largest absolute Gasteiger partial charge is 0.465 e. The van der Waals surface area contributed by atoms with Crippen LogP contribution in [0.25, 0.3) is 0 Å². The Kier molecular flexibility index (Phi) is 5.44.